The van der Waals surface area contributed by atoms with Crippen molar-refractivity contribution < 1.29 is 18.7 Å². The van der Waals surface area contributed by atoms with Crippen LogP contribution >= 0.6 is 11.8 Å². The maximum Gasteiger partial charge on any atom is 0.242 e. The third kappa shape index (κ3) is 6.38. The predicted octanol–water partition coefficient (Wildman–Crippen LogP) is 4.52. The maximum atomic E-state index is 13.1. The number of amides is 2. The summed E-state index contributed by atoms with van der Waals surface area (Å²) in [6, 6.07) is 13.2. The molecule has 0 bridgehead atoms. The van der Waals surface area contributed by atoms with Gasteiger partial charge in [-0.2, -0.15) is 0 Å². The molecule has 0 radical (unpaired) electrons. The van der Waals surface area contributed by atoms with Crippen molar-refractivity contribution in [1.29, 1.82) is 0 Å². The minimum Gasteiger partial charge on any atom is -0.382 e. The van der Waals surface area contributed by atoms with Gasteiger partial charge in [-0.1, -0.05) is 30.0 Å². The Morgan fingerprint density at radius 1 is 1.23 bits per heavy atom. The fraction of sp³-hybridized carbons (Fsp3) is 0.348. The minimum absolute atomic E-state index is 0.00955. The van der Waals surface area contributed by atoms with Crippen LogP contribution in [-0.4, -0.2) is 46.9 Å². The van der Waals surface area contributed by atoms with Gasteiger partial charge in [-0.3, -0.25) is 14.5 Å². The lowest BCUT2D eigenvalue weighted by molar-refractivity contribution is -0.128. The standard InChI is InChI=1S/C23H26FN3O3S/c1-3-30-14-6-13-27-22(29)20(15-21(28)25-18-11-9-17(24)10-12-18)31-23(27)26-19-8-5-4-7-16(19)2/h4-5,7-12,20H,3,6,13-15H2,1-2H3,(H,25,28). The SMILES string of the molecule is CCOCCCN1C(=O)C(CC(=O)Nc2ccc(F)cc2)SC1=Nc1ccccc1C. The summed E-state index contributed by atoms with van der Waals surface area (Å²) >= 11 is 1.30. The molecule has 1 N–H and O–H groups in total. The van der Waals surface area contributed by atoms with E-state index in [4.69, 9.17) is 9.73 Å². The van der Waals surface area contributed by atoms with Crippen LogP contribution in [0.15, 0.2) is 53.5 Å². The summed E-state index contributed by atoms with van der Waals surface area (Å²) < 4.78 is 18.5. The molecule has 2 aromatic carbocycles. The Labute approximate surface area is 185 Å². The van der Waals surface area contributed by atoms with Crippen molar-refractivity contribution in [1.82, 2.24) is 4.90 Å². The molecule has 1 saturated heterocycles. The quantitative estimate of drug-likeness (QED) is 0.579. The van der Waals surface area contributed by atoms with Gasteiger partial charge in [0, 0.05) is 31.9 Å². The fourth-order valence-corrected chi connectivity index (χ4v) is 4.28. The van der Waals surface area contributed by atoms with Gasteiger partial charge in [-0.05, 0) is 56.2 Å². The molecule has 1 atom stereocenters. The smallest absolute Gasteiger partial charge is 0.242 e. The Balaban J connectivity index is 1.72. The van der Waals surface area contributed by atoms with Gasteiger partial charge in [0.05, 0.1) is 5.69 Å². The first-order valence-electron chi connectivity index (χ1n) is 10.2. The van der Waals surface area contributed by atoms with E-state index in [1.165, 1.54) is 36.0 Å². The van der Waals surface area contributed by atoms with Crippen LogP contribution in [0, 0.1) is 12.7 Å². The average molecular weight is 444 g/mol. The number of halogens is 1. The number of carbonyl (C=O) groups excluding carboxylic acids is 2. The number of anilines is 1. The van der Waals surface area contributed by atoms with E-state index in [9.17, 15) is 14.0 Å². The average Bonchev–Trinajstić information content (AvgIpc) is 3.03. The molecule has 8 heteroatoms. The fourth-order valence-electron chi connectivity index (χ4n) is 3.11. The Morgan fingerprint density at radius 3 is 2.68 bits per heavy atom. The van der Waals surface area contributed by atoms with Crippen LogP contribution in [0.3, 0.4) is 0 Å². The van der Waals surface area contributed by atoms with E-state index >= 15 is 0 Å². The predicted molar refractivity (Wildman–Crippen MR) is 122 cm³/mol. The van der Waals surface area contributed by atoms with Crippen LogP contribution in [0.2, 0.25) is 0 Å². The normalized spacial score (nSPS) is 17.4. The first-order valence-corrected chi connectivity index (χ1v) is 11.1. The number of nitrogens with one attached hydrogen (secondary N) is 1. The van der Waals surface area contributed by atoms with Gasteiger partial charge >= 0.3 is 0 Å². The van der Waals surface area contributed by atoms with Gasteiger partial charge in [-0.25, -0.2) is 9.38 Å². The van der Waals surface area contributed by atoms with Crippen molar-refractivity contribution in [3.63, 3.8) is 0 Å². The Hall–Kier alpha value is -2.71. The van der Waals surface area contributed by atoms with E-state index in [1.807, 2.05) is 38.1 Å². The number of amidine groups is 1. The molecule has 0 saturated carbocycles. The summed E-state index contributed by atoms with van der Waals surface area (Å²) in [5, 5.41) is 2.75. The Kier molecular flexibility index (Phi) is 8.20. The highest BCUT2D eigenvalue weighted by molar-refractivity contribution is 8.15. The molecular weight excluding hydrogens is 417 g/mol. The number of para-hydroxylation sites is 1. The summed E-state index contributed by atoms with van der Waals surface area (Å²) in [7, 11) is 0. The first-order chi connectivity index (χ1) is 15.0. The van der Waals surface area contributed by atoms with Crippen molar-refractivity contribution in [2.75, 3.05) is 25.1 Å². The van der Waals surface area contributed by atoms with Crippen molar-refractivity contribution in [3.8, 4) is 0 Å². The van der Waals surface area contributed by atoms with Crippen LogP contribution in [0.25, 0.3) is 0 Å². The third-order valence-electron chi connectivity index (χ3n) is 4.72. The number of hydrogen-bond acceptors (Lipinski definition) is 5. The van der Waals surface area contributed by atoms with Crippen molar-refractivity contribution in [2.45, 2.75) is 31.9 Å². The third-order valence-corrected chi connectivity index (χ3v) is 5.90. The highest BCUT2D eigenvalue weighted by Crippen LogP contribution is 2.32. The highest BCUT2D eigenvalue weighted by atomic mass is 32.2. The molecule has 3 rings (SSSR count). The van der Waals surface area contributed by atoms with E-state index in [0.29, 0.717) is 37.0 Å². The number of aryl methyl sites for hydroxylation is 1. The zero-order valence-corrected chi connectivity index (χ0v) is 18.5. The Morgan fingerprint density at radius 2 is 1.97 bits per heavy atom. The number of rotatable bonds is 9. The number of ether oxygens (including phenoxy) is 1. The minimum atomic E-state index is -0.560. The van der Waals surface area contributed by atoms with Gasteiger partial charge in [0.2, 0.25) is 11.8 Å². The molecule has 0 spiro atoms. The molecular formula is C23H26FN3O3S. The molecule has 1 aliphatic rings. The number of nitrogens with zero attached hydrogens (tertiary/aromatic N) is 2. The number of carbonyl (C=O) groups is 2. The van der Waals surface area contributed by atoms with Gasteiger partial charge < -0.3 is 10.1 Å². The zero-order chi connectivity index (χ0) is 22.2. The number of hydrogen-bond donors (Lipinski definition) is 1. The van der Waals surface area contributed by atoms with E-state index in [-0.39, 0.29) is 24.1 Å². The van der Waals surface area contributed by atoms with Gasteiger partial charge in [-0.15, -0.1) is 0 Å². The van der Waals surface area contributed by atoms with Crippen molar-refractivity contribution >= 4 is 40.1 Å². The molecule has 1 aliphatic heterocycles. The molecule has 0 aromatic heterocycles. The summed E-state index contributed by atoms with van der Waals surface area (Å²) in [4.78, 5) is 31.9. The Bertz CT molecular complexity index is 949. The molecule has 31 heavy (non-hydrogen) atoms. The van der Waals surface area contributed by atoms with Crippen LogP contribution < -0.4 is 5.32 Å². The molecule has 164 valence electrons. The van der Waals surface area contributed by atoms with E-state index < -0.39 is 5.25 Å². The molecule has 0 aliphatic carbocycles. The number of thioether (sulfide) groups is 1. The summed E-state index contributed by atoms with van der Waals surface area (Å²) in [6.07, 6.45) is 0.692. The van der Waals surface area contributed by atoms with Crippen LogP contribution in [0.1, 0.15) is 25.3 Å². The van der Waals surface area contributed by atoms with Gasteiger partial charge in [0.25, 0.3) is 0 Å². The summed E-state index contributed by atoms with van der Waals surface area (Å²) in [5.74, 6) is -0.814. The van der Waals surface area contributed by atoms with Crippen LogP contribution in [0.4, 0.5) is 15.8 Å². The van der Waals surface area contributed by atoms with E-state index in [2.05, 4.69) is 5.32 Å². The molecule has 1 unspecified atom stereocenters. The lowest BCUT2D eigenvalue weighted by Crippen LogP contribution is -2.34. The molecule has 2 aromatic rings. The van der Waals surface area contributed by atoms with Crippen molar-refractivity contribution in [2.24, 2.45) is 4.99 Å². The summed E-state index contributed by atoms with van der Waals surface area (Å²) in [6.45, 7) is 5.55. The lowest BCUT2D eigenvalue weighted by atomic mass is 10.2. The second-order valence-electron chi connectivity index (χ2n) is 7.09. The molecule has 1 fully saturated rings. The lowest BCUT2D eigenvalue weighted by Gasteiger charge is -2.16. The second kappa shape index (κ2) is 11.1. The number of benzene rings is 2. The largest absolute Gasteiger partial charge is 0.382 e. The van der Waals surface area contributed by atoms with E-state index in [0.717, 1.165) is 11.3 Å². The van der Waals surface area contributed by atoms with Gasteiger partial charge in [0.15, 0.2) is 5.17 Å². The van der Waals surface area contributed by atoms with Crippen molar-refractivity contribution in [3.05, 3.63) is 59.9 Å². The van der Waals surface area contributed by atoms with Gasteiger partial charge in [0.1, 0.15) is 11.1 Å². The zero-order valence-electron chi connectivity index (χ0n) is 17.6. The topological polar surface area (TPSA) is 71.0 Å². The molecule has 1 heterocycles. The monoisotopic (exact) mass is 443 g/mol. The molecule has 6 nitrogen and oxygen atoms in total. The van der Waals surface area contributed by atoms with Crippen LogP contribution in [0.5, 0.6) is 0 Å². The highest BCUT2D eigenvalue weighted by Gasteiger charge is 2.39. The summed E-state index contributed by atoms with van der Waals surface area (Å²) in [5.41, 5.74) is 2.29. The number of aliphatic imine (C=N–C) groups is 1. The first kappa shape index (κ1) is 23.0. The van der Waals surface area contributed by atoms with E-state index in [1.54, 1.807) is 4.90 Å². The van der Waals surface area contributed by atoms with Crippen LogP contribution in [-0.2, 0) is 14.3 Å². The maximum absolute atomic E-state index is 13.1. The molecule has 2 amide bonds. The second-order valence-corrected chi connectivity index (χ2v) is 8.26.